The number of carbonyl (C=O) groups is 3. The van der Waals surface area contributed by atoms with Gasteiger partial charge in [-0.2, -0.15) is 0 Å². The molecule has 2 heterocycles. The van der Waals surface area contributed by atoms with Gasteiger partial charge in [-0.3, -0.25) is 14.4 Å². The Morgan fingerprint density at radius 2 is 1.67 bits per heavy atom. The summed E-state index contributed by atoms with van der Waals surface area (Å²) in [6.45, 7) is 2.52. The first-order valence-corrected chi connectivity index (χ1v) is 11.8. The van der Waals surface area contributed by atoms with Crippen molar-refractivity contribution in [3.63, 3.8) is 0 Å². The molecule has 9 heteroatoms. The molecule has 1 aliphatic rings. The van der Waals surface area contributed by atoms with Gasteiger partial charge in [0.15, 0.2) is 0 Å². The maximum atomic E-state index is 12.6. The van der Waals surface area contributed by atoms with Gasteiger partial charge < -0.3 is 20.4 Å². The zero-order valence-corrected chi connectivity index (χ0v) is 19.4. The van der Waals surface area contributed by atoms with E-state index in [9.17, 15) is 14.4 Å². The number of benzene rings is 2. The van der Waals surface area contributed by atoms with Gasteiger partial charge in [0.1, 0.15) is 0 Å². The van der Waals surface area contributed by atoms with Crippen molar-refractivity contribution in [2.45, 2.75) is 0 Å². The lowest BCUT2D eigenvalue weighted by molar-refractivity contribution is -0.130. The Morgan fingerprint density at radius 3 is 2.36 bits per heavy atom. The molecule has 1 fully saturated rings. The fourth-order valence-electron chi connectivity index (χ4n) is 3.57. The molecule has 0 atom stereocenters. The second-order valence-electron chi connectivity index (χ2n) is 7.54. The quantitative estimate of drug-likeness (QED) is 0.561. The molecule has 0 unspecified atom stereocenters. The van der Waals surface area contributed by atoms with Crippen LogP contribution in [0, 0.1) is 0 Å². The lowest BCUT2D eigenvalue weighted by Gasteiger charge is -2.36. The Labute approximate surface area is 201 Å². The van der Waals surface area contributed by atoms with E-state index in [2.05, 4.69) is 15.5 Å². The highest BCUT2D eigenvalue weighted by Crippen LogP contribution is 2.19. The molecule has 1 saturated heterocycles. The molecule has 0 aliphatic carbocycles. The molecule has 0 saturated carbocycles. The van der Waals surface area contributed by atoms with E-state index in [0.717, 1.165) is 5.69 Å². The van der Waals surface area contributed by atoms with Crippen LogP contribution in [0.15, 0.2) is 66.0 Å². The fraction of sp³-hybridized carbons (Fsp3) is 0.208. The van der Waals surface area contributed by atoms with Gasteiger partial charge in [-0.15, -0.1) is 11.3 Å². The lowest BCUT2D eigenvalue weighted by Crippen LogP contribution is -2.51. The lowest BCUT2D eigenvalue weighted by atomic mass is 10.2. The molecule has 0 spiro atoms. The molecule has 2 aromatic carbocycles. The van der Waals surface area contributed by atoms with E-state index >= 15 is 0 Å². The molecule has 1 aromatic heterocycles. The fourth-order valence-corrected chi connectivity index (χ4v) is 4.32. The topological polar surface area (TPSA) is 81.8 Å². The maximum Gasteiger partial charge on any atom is 0.265 e. The summed E-state index contributed by atoms with van der Waals surface area (Å²) in [5.74, 6) is -0.716. The maximum absolute atomic E-state index is 12.6. The zero-order valence-electron chi connectivity index (χ0n) is 17.8. The van der Waals surface area contributed by atoms with E-state index in [1.807, 2.05) is 29.6 Å². The zero-order chi connectivity index (χ0) is 23.2. The average Bonchev–Trinajstić information content (AvgIpc) is 3.38. The van der Waals surface area contributed by atoms with Gasteiger partial charge in [0.25, 0.3) is 11.8 Å². The first-order chi connectivity index (χ1) is 16.0. The Bertz CT molecular complexity index is 1130. The van der Waals surface area contributed by atoms with E-state index in [0.29, 0.717) is 47.3 Å². The highest BCUT2D eigenvalue weighted by molar-refractivity contribution is 7.12. The average molecular weight is 483 g/mol. The van der Waals surface area contributed by atoms with Crippen LogP contribution in [0.25, 0.3) is 0 Å². The molecule has 2 N–H and O–H groups in total. The Kier molecular flexibility index (Phi) is 7.26. The SMILES string of the molecule is O=C(NCC(=O)N1CCN(c2ccc(Cl)cc2)CC1)c1cccc(NC(=O)c2cccs2)c1. The normalized spacial score (nSPS) is 13.5. The predicted octanol–water partition coefficient (Wildman–Crippen LogP) is 3.73. The molecule has 33 heavy (non-hydrogen) atoms. The number of carbonyl (C=O) groups excluding carboxylic acids is 3. The van der Waals surface area contributed by atoms with Crippen LogP contribution in [-0.2, 0) is 4.79 Å². The summed E-state index contributed by atoms with van der Waals surface area (Å²) in [6.07, 6.45) is 0. The van der Waals surface area contributed by atoms with Crippen molar-refractivity contribution in [2.24, 2.45) is 0 Å². The highest BCUT2D eigenvalue weighted by Gasteiger charge is 2.22. The van der Waals surface area contributed by atoms with Crippen molar-refractivity contribution in [2.75, 3.05) is 42.9 Å². The van der Waals surface area contributed by atoms with Crippen molar-refractivity contribution >= 4 is 52.0 Å². The summed E-state index contributed by atoms with van der Waals surface area (Å²) in [5, 5.41) is 7.99. The first kappa shape index (κ1) is 22.8. The van der Waals surface area contributed by atoms with E-state index < -0.39 is 0 Å². The van der Waals surface area contributed by atoms with Crippen LogP contribution < -0.4 is 15.5 Å². The standard InChI is InChI=1S/C24H23ClN4O3S/c25-18-6-8-20(9-7-18)28-10-12-29(13-11-28)22(30)16-26-23(31)17-3-1-4-19(15-17)27-24(32)21-5-2-14-33-21/h1-9,14-15H,10-13,16H2,(H,26,31)(H,27,32). The van der Waals surface area contributed by atoms with Crippen LogP contribution in [-0.4, -0.2) is 55.3 Å². The van der Waals surface area contributed by atoms with Crippen molar-refractivity contribution in [3.8, 4) is 0 Å². The van der Waals surface area contributed by atoms with Crippen molar-refractivity contribution in [1.29, 1.82) is 0 Å². The summed E-state index contributed by atoms with van der Waals surface area (Å²) in [4.78, 5) is 41.9. The van der Waals surface area contributed by atoms with Crippen LogP contribution in [0.2, 0.25) is 5.02 Å². The van der Waals surface area contributed by atoms with E-state index in [4.69, 9.17) is 11.6 Å². The van der Waals surface area contributed by atoms with E-state index in [1.54, 1.807) is 41.3 Å². The number of rotatable bonds is 6. The minimum atomic E-state index is -0.365. The largest absolute Gasteiger partial charge is 0.368 e. The number of piperazine rings is 1. The van der Waals surface area contributed by atoms with Crippen LogP contribution in [0.4, 0.5) is 11.4 Å². The number of nitrogens with one attached hydrogen (secondary N) is 2. The van der Waals surface area contributed by atoms with Gasteiger partial charge in [-0.25, -0.2) is 0 Å². The number of amides is 3. The monoisotopic (exact) mass is 482 g/mol. The number of anilines is 2. The number of halogens is 1. The van der Waals surface area contributed by atoms with Crippen LogP contribution in [0.3, 0.4) is 0 Å². The third kappa shape index (κ3) is 5.91. The molecular formula is C24H23ClN4O3S. The third-order valence-electron chi connectivity index (χ3n) is 5.35. The minimum Gasteiger partial charge on any atom is -0.368 e. The Hall–Kier alpha value is -3.36. The van der Waals surface area contributed by atoms with Gasteiger partial charge in [0.2, 0.25) is 5.91 Å². The highest BCUT2D eigenvalue weighted by atomic mass is 35.5. The van der Waals surface area contributed by atoms with Crippen molar-refractivity contribution in [3.05, 3.63) is 81.5 Å². The first-order valence-electron chi connectivity index (χ1n) is 10.5. The molecule has 3 amide bonds. The van der Waals surface area contributed by atoms with Gasteiger partial charge in [0.05, 0.1) is 11.4 Å². The Balaban J connectivity index is 1.26. The van der Waals surface area contributed by atoms with Crippen LogP contribution in [0.5, 0.6) is 0 Å². The second kappa shape index (κ2) is 10.5. The molecule has 7 nitrogen and oxygen atoms in total. The summed E-state index contributed by atoms with van der Waals surface area (Å²) < 4.78 is 0. The van der Waals surface area contributed by atoms with E-state index in [-0.39, 0.29) is 24.3 Å². The molecule has 1 aliphatic heterocycles. The van der Waals surface area contributed by atoms with Crippen molar-refractivity contribution < 1.29 is 14.4 Å². The molecule has 3 aromatic rings. The molecule has 0 radical (unpaired) electrons. The summed E-state index contributed by atoms with van der Waals surface area (Å²) >= 11 is 7.29. The predicted molar refractivity (Wildman–Crippen MR) is 131 cm³/mol. The van der Waals surface area contributed by atoms with Gasteiger partial charge >= 0.3 is 0 Å². The number of thiophene rings is 1. The van der Waals surface area contributed by atoms with Gasteiger partial charge in [0, 0.05) is 48.1 Å². The Morgan fingerprint density at radius 1 is 0.909 bits per heavy atom. The molecule has 4 rings (SSSR count). The van der Waals surface area contributed by atoms with E-state index in [1.165, 1.54) is 11.3 Å². The van der Waals surface area contributed by atoms with Crippen molar-refractivity contribution in [1.82, 2.24) is 10.2 Å². The smallest absolute Gasteiger partial charge is 0.265 e. The third-order valence-corrected chi connectivity index (χ3v) is 6.47. The van der Waals surface area contributed by atoms with Gasteiger partial charge in [-0.05, 0) is 53.9 Å². The molecule has 0 bridgehead atoms. The summed E-state index contributed by atoms with van der Waals surface area (Å²) in [7, 11) is 0. The number of hydrogen-bond donors (Lipinski definition) is 2. The van der Waals surface area contributed by atoms with Crippen LogP contribution >= 0.6 is 22.9 Å². The van der Waals surface area contributed by atoms with Crippen LogP contribution in [0.1, 0.15) is 20.0 Å². The van der Waals surface area contributed by atoms with Gasteiger partial charge in [-0.1, -0.05) is 23.7 Å². The second-order valence-corrected chi connectivity index (χ2v) is 8.92. The molecule has 170 valence electrons. The number of nitrogens with zero attached hydrogens (tertiary/aromatic N) is 2. The summed E-state index contributed by atoms with van der Waals surface area (Å²) in [5.41, 5.74) is 1.97. The number of hydrogen-bond acceptors (Lipinski definition) is 5. The summed E-state index contributed by atoms with van der Waals surface area (Å²) in [6, 6.07) is 17.8. The molecular weight excluding hydrogens is 460 g/mol. The minimum absolute atomic E-state index is 0.0778.